The highest BCUT2D eigenvalue weighted by molar-refractivity contribution is 6.09. The Kier molecular flexibility index (Phi) is 5.05. The van der Waals surface area contributed by atoms with E-state index < -0.39 is 42.0 Å². The summed E-state index contributed by atoms with van der Waals surface area (Å²) < 4.78 is 5.05. The number of amides is 4. The Morgan fingerprint density at radius 1 is 1.39 bits per heavy atom. The number of nitrogens with one attached hydrogen (secondary N) is 2. The van der Waals surface area contributed by atoms with Gasteiger partial charge in [-0.05, 0) is 44.7 Å². The number of carbonyl (C=O) groups is 4. The molecular formula is C19H20N4O5. The van der Waals surface area contributed by atoms with E-state index in [4.69, 9.17) is 10.00 Å². The lowest BCUT2D eigenvalue weighted by atomic mass is 9.96. The second kappa shape index (κ2) is 7.31. The highest BCUT2D eigenvalue weighted by Crippen LogP contribution is 2.42. The molecule has 1 heterocycles. The maximum Gasteiger partial charge on any atom is 0.327 e. The van der Waals surface area contributed by atoms with Gasteiger partial charge in [0.2, 0.25) is 0 Å². The molecule has 0 spiro atoms. The quantitative estimate of drug-likeness (QED) is 0.559. The summed E-state index contributed by atoms with van der Waals surface area (Å²) >= 11 is 0. The Labute approximate surface area is 161 Å². The Morgan fingerprint density at radius 2 is 2.07 bits per heavy atom. The number of benzene rings is 1. The van der Waals surface area contributed by atoms with Crippen molar-refractivity contribution in [2.45, 2.75) is 38.3 Å². The van der Waals surface area contributed by atoms with Gasteiger partial charge in [0, 0.05) is 0 Å². The summed E-state index contributed by atoms with van der Waals surface area (Å²) in [6.07, 6.45) is 0.527. The fraction of sp³-hybridized carbons (Fsp3) is 0.421. The molecule has 0 bridgehead atoms. The van der Waals surface area contributed by atoms with Crippen LogP contribution in [-0.2, 0) is 19.1 Å². The number of rotatable bonds is 6. The van der Waals surface area contributed by atoms with Crippen LogP contribution in [0.25, 0.3) is 0 Å². The fourth-order valence-corrected chi connectivity index (χ4v) is 3.14. The van der Waals surface area contributed by atoms with Crippen LogP contribution in [-0.4, -0.2) is 46.9 Å². The number of anilines is 1. The highest BCUT2D eigenvalue weighted by Gasteiger charge is 2.56. The van der Waals surface area contributed by atoms with Crippen molar-refractivity contribution >= 4 is 29.5 Å². The molecule has 0 aromatic heterocycles. The van der Waals surface area contributed by atoms with Gasteiger partial charge in [-0.25, -0.2) is 4.79 Å². The van der Waals surface area contributed by atoms with E-state index in [0.29, 0.717) is 5.69 Å². The predicted octanol–water partition coefficient (Wildman–Crippen LogP) is 1.15. The standard InChI is InChI=1S/C19H20N4O5/c1-11(16(25)21-14-6-4-3-5-12(14)9-20)28-15(24)10-23-17(26)19(2,13-7-8-13)22-18(23)27/h3-6,11,13H,7-8,10H2,1-2H3,(H,21,25)(H,22,27)/t11-,19+/m0/s1. The van der Waals surface area contributed by atoms with Crippen molar-refractivity contribution in [2.75, 3.05) is 11.9 Å². The van der Waals surface area contributed by atoms with Crippen LogP contribution in [0, 0.1) is 17.2 Å². The lowest BCUT2D eigenvalue weighted by Crippen LogP contribution is -2.46. The topological polar surface area (TPSA) is 129 Å². The fourth-order valence-electron chi connectivity index (χ4n) is 3.14. The van der Waals surface area contributed by atoms with E-state index in [1.807, 2.05) is 6.07 Å². The van der Waals surface area contributed by atoms with Crippen LogP contribution in [0.15, 0.2) is 24.3 Å². The minimum atomic E-state index is -1.17. The van der Waals surface area contributed by atoms with Crippen LogP contribution in [0.1, 0.15) is 32.3 Å². The second-order valence-corrected chi connectivity index (χ2v) is 7.08. The van der Waals surface area contributed by atoms with E-state index in [1.54, 1.807) is 31.2 Å². The smallest absolute Gasteiger partial charge is 0.327 e. The number of urea groups is 1. The van der Waals surface area contributed by atoms with E-state index in [2.05, 4.69) is 10.6 Å². The lowest BCUT2D eigenvalue weighted by molar-refractivity contribution is -0.155. The van der Waals surface area contributed by atoms with Crippen LogP contribution in [0.3, 0.4) is 0 Å². The molecule has 2 atom stereocenters. The van der Waals surface area contributed by atoms with Gasteiger partial charge in [-0.1, -0.05) is 12.1 Å². The molecule has 1 aliphatic carbocycles. The van der Waals surface area contributed by atoms with Crippen molar-refractivity contribution in [3.05, 3.63) is 29.8 Å². The molecule has 2 aliphatic rings. The number of nitrogens with zero attached hydrogens (tertiary/aromatic N) is 2. The number of imide groups is 1. The molecule has 9 nitrogen and oxygen atoms in total. The molecule has 1 aromatic rings. The van der Waals surface area contributed by atoms with Crippen molar-refractivity contribution in [3.8, 4) is 6.07 Å². The van der Waals surface area contributed by atoms with Gasteiger partial charge in [0.1, 0.15) is 18.2 Å². The number of hydrogen-bond acceptors (Lipinski definition) is 6. The average molecular weight is 384 g/mol. The molecule has 3 rings (SSSR count). The Balaban J connectivity index is 1.57. The molecule has 9 heteroatoms. The van der Waals surface area contributed by atoms with Crippen molar-refractivity contribution in [1.29, 1.82) is 5.26 Å². The molecule has 1 saturated carbocycles. The largest absolute Gasteiger partial charge is 0.451 e. The molecule has 2 N–H and O–H groups in total. The monoisotopic (exact) mass is 384 g/mol. The summed E-state index contributed by atoms with van der Waals surface area (Å²) in [4.78, 5) is 49.8. The van der Waals surface area contributed by atoms with Gasteiger partial charge < -0.3 is 15.4 Å². The third-order valence-electron chi connectivity index (χ3n) is 4.97. The molecular weight excluding hydrogens is 364 g/mol. The van der Waals surface area contributed by atoms with Crippen molar-refractivity contribution in [1.82, 2.24) is 10.2 Å². The van der Waals surface area contributed by atoms with Crippen molar-refractivity contribution in [2.24, 2.45) is 5.92 Å². The Bertz CT molecular complexity index is 889. The molecule has 1 saturated heterocycles. The van der Waals surface area contributed by atoms with Gasteiger partial charge in [0.25, 0.3) is 11.8 Å². The van der Waals surface area contributed by atoms with E-state index >= 15 is 0 Å². The summed E-state index contributed by atoms with van der Waals surface area (Å²) in [5.41, 5.74) is -0.415. The minimum Gasteiger partial charge on any atom is -0.451 e. The van der Waals surface area contributed by atoms with Gasteiger partial charge in [-0.3, -0.25) is 19.3 Å². The molecule has 4 amide bonds. The second-order valence-electron chi connectivity index (χ2n) is 7.08. The number of para-hydroxylation sites is 1. The summed E-state index contributed by atoms with van der Waals surface area (Å²) in [6, 6.07) is 7.71. The van der Waals surface area contributed by atoms with Crippen LogP contribution < -0.4 is 10.6 Å². The molecule has 1 aliphatic heterocycles. The maximum absolute atomic E-state index is 12.5. The molecule has 28 heavy (non-hydrogen) atoms. The summed E-state index contributed by atoms with van der Waals surface area (Å²) in [7, 11) is 0. The minimum absolute atomic E-state index is 0.0786. The van der Waals surface area contributed by atoms with Gasteiger partial charge in [0.15, 0.2) is 6.10 Å². The molecule has 2 fully saturated rings. The molecule has 0 radical (unpaired) electrons. The van der Waals surface area contributed by atoms with Gasteiger partial charge in [-0.15, -0.1) is 0 Å². The zero-order valence-corrected chi connectivity index (χ0v) is 15.5. The Hall–Kier alpha value is -3.41. The number of ether oxygens (including phenoxy) is 1. The SMILES string of the molecule is C[C@H](OC(=O)CN1C(=O)N[C@](C)(C2CC2)C1=O)C(=O)Nc1ccccc1C#N. The zero-order valence-electron chi connectivity index (χ0n) is 15.5. The highest BCUT2D eigenvalue weighted by atomic mass is 16.5. The number of esters is 1. The maximum atomic E-state index is 12.5. The van der Waals surface area contributed by atoms with Crippen molar-refractivity contribution in [3.63, 3.8) is 0 Å². The number of hydrogen-bond donors (Lipinski definition) is 2. The first-order chi connectivity index (χ1) is 13.3. The third kappa shape index (κ3) is 3.67. The van der Waals surface area contributed by atoms with Gasteiger partial charge in [0.05, 0.1) is 11.3 Å². The first kappa shape index (κ1) is 19.4. The van der Waals surface area contributed by atoms with Crippen LogP contribution in [0.4, 0.5) is 10.5 Å². The van der Waals surface area contributed by atoms with E-state index in [9.17, 15) is 19.2 Å². The first-order valence-corrected chi connectivity index (χ1v) is 8.90. The molecule has 0 unspecified atom stereocenters. The summed E-state index contributed by atoms with van der Waals surface area (Å²) in [6.45, 7) is 2.45. The van der Waals surface area contributed by atoms with E-state index in [-0.39, 0.29) is 11.5 Å². The van der Waals surface area contributed by atoms with E-state index in [0.717, 1.165) is 17.7 Å². The first-order valence-electron chi connectivity index (χ1n) is 8.90. The average Bonchev–Trinajstić information content (AvgIpc) is 3.48. The molecule has 146 valence electrons. The summed E-state index contributed by atoms with van der Waals surface area (Å²) in [5.74, 6) is -1.89. The zero-order chi connectivity index (χ0) is 20.5. The van der Waals surface area contributed by atoms with Crippen LogP contribution >= 0.6 is 0 Å². The Morgan fingerprint density at radius 3 is 2.71 bits per heavy atom. The molecule has 1 aromatic carbocycles. The normalized spacial score (nSPS) is 22.2. The van der Waals surface area contributed by atoms with Crippen LogP contribution in [0.2, 0.25) is 0 Å². The van der Waals surface area contributed by atoms with Gasteiger partial charge >= 0.3 is 12.0 Å². The summed E-state index contributed by atoms with van der Waals surface area (Å²) in [5, 5.41) is 14.2. The number of nitriles is 1. The van der Waals surface area contributed by atoms with Crippen molar-refractivity contribution < 1.29 is 23.9 Å². The van der Waals surface area contributed by atoms with Gasteiger partial charge in [-0.2, -0.15) is 5.26 Å². The van der Waals surface area contributed by atoms with Crippen LogP contribution in [0.5, 0.6) is 0 Å². The third-order valence-corrected chi connectivity index (χ3v) is 4.97. The lowest BCUT2D eigenvalue weighted by Gasteiger charge is -2.21. The number of carbonyl (C=O) groups excluding carboxylic acids is 4. The predicted molar refractivity (Wildman–Crippen MR) is 96.7 cm³/mol. The van der Waals surface area contributed by atoms with E-state index in [1.165, 1.54) is 6.92 Å².